The number of rotatable bonds is 8. The zero-order chi connectivity index (χ0) is 22.6. The van der Waals surface area contributed by atoms with Crippen LogP contribution in [0.1, 0.15) is 39.2 Å². The summed E-state index contributed by atoms with van der Waals surface area (Å²) < 4.78 is 27.3. The summed E-state index contributed by atoms with van der Waals surface area (Å²) in [6.45, 7) is 6.07. The fourth-order valence-electron chi connectivity index (χ4n) is 3.57. The molecule has 0 bridgehead atoms. The number of amides is 2. The molecule has 0 spiro atoms. The second kappa shape index (κ2) is 9.62. The number of hydrogen-bond acceptors (Lipinski definition) is 4. The minimum atomic E-state index is -3.60. The lowest BCUT2D eigenvalue weighted by Gasteiger charge is -2.20. The number of hydrogen-bond donors (Lipinski definition) is 2. The first-order valence-corrected chi connectivity index (χ1v) is 12.0. The molecule has 0 radical (unpaired) electrons. The Hall–Kier alpha value is -2.71. The number of nitrogens with one attached hydrogen (secondary N) is 2. The first-order valence-electron chi connectivity index (χ1n) is 10.6. The number of anilines is 2. The van der Waals surface area contributed by atoms with Crippen LogP contribution < -0.4 is 14.9 Å². The molecule has 31 heavy (non-hydrogen) atoms. The van der Waals surface area contributed by atoms with Gasteiger partial charge in [0.2, 0.25) is 21.8 Å². The highest BCUT2D eigenvalue weighted by Crippen LogP contribution is 2.29. The van der Waals surface area contributed by atoms with E-state index in [0.717, 1.165) is 17.7 Å². The van der Waals surface area contributed by atoms with Crippen LogP contribution in [-0.4, -0.2) is 32.8 Å². The van der Waals surface area contributed by atoms with Crippen molar-refractivity contribution in [3.8, 4) is 0 Å². The van der Waals surface area contributed by atoms with Gasteiger partial charge < -0.3 is 10.2 Å². The molecule has 2 N–H and O–H groups in total. The molecule has 2 aromatic rings. The molecular weight excluding hydrogens is 414 g/mol. The van der Waals surface area contributed by atoms with E-state index in [1.165, 1.54) is 12.1 Å². The summed E-state index contributed by atoms with van der Waals surface area (Å²) in [5.74, 6) is -0.787. The molecule has 3 rings (SSSR count). The standard InChI is InChI=1S/C23H29N3O4S/c1-4-16(3)25-31(29,30)20-12-10-19(11-13-20)24-23(28)18-14-22(27)26(15-18)21-9-7-6-8-17(21)5-2/h6-13,16,18,25H,4-5,14-15H2,1-3H3,(H,24,28). The van der Waals surface area contributed by atoms with Gasteiger partial charge in [0.25, 0.3) is 0 Å². The van der Waals surface area contributed by atoms with Crippen LogP contribution in [0.2, 0.25) is 0 Å². The van der Waals surface area contributed by atoms with Gasteiger partial charge in [0.05, 0.1) is 10.8 Å². The molecule has 1 aliphatic rings. The summed E-state index contributed by atoms with van der Waals surface area (Å²) in [5, 5.41) is 2.80. The number of sulfonamides is 1. The van der Waals surface area contributed by atoms with Gasteiger partial charge in [-0.25, -0.2) is 13.1 Å². The summed E-state index contributed by atoms with van der Waals surface area (Å²) in [5.41, 5.74) is 2.42. The maximum Gasteiger partial charge on any atom is 0.240 e. The lowest BCUT2D eigenvalue weighted by molar-refractivity contribution is -0.122. The fourth-order valence-corrected chi connectivity index (χ4v) is 4.89. The third kappa shape index (κ3) is 5.32. The number of aryl methyl sites for hydroxylation is 1. The first kappa shape index (κ1) is 23.0. The van der Waals surface area contributed by atoms with E-state index in [0.29, 0.717) is 18.7 Å². The van der Waals surface area contributed by atoms with E-state index < -0.39 is 15.9 Å². The molecule has 166 valence electrons. The molecule has 8 heteroatoms. The number of para-hydroxylation sites is 1. The van der Waals surface area contributed by atoms with Crippen LogP contribution >= 0.6 is 0 Å². The Balaban J connectivity index is 1.66. The van der Waals surface area contributed by atoms with Gasteiger partial charge in [0.15, 0.2) is 0 Å². The second-order valence-electron chi connectivity index (χ2n) is 7.83. The van der Waals surface area contributed by atoms with Crippen molar-refractivity contribution in [1.82, 2.24) is 4.72 Å². The van der Waals surface area contributed by atoms with Crippen LogP contribution in [0.4, 0.5) is 11.4 Å². The zero-order valence-electron chi connectivity index (χ0n) is 18.1. The highest BCUT2D eigenvalue weighted by atomic mass is 32.2. The van der Waals surface area contributed by atoms with Crippen LogP contribution in [0.5, 0.6) is 0 Å². The summed E-state index contributed by atoms with van der Waals surface area (Å²) in [7, 11) is -3.60. The van der Waals surface area contributed by atoms with E-state index >= 15 is 0 Å². The number of carbonyl (C=O) groups excluding carboxylic acids is 2. The van der Waals surface area contributed by atoms with Crippen molar-refractivity contribution in [2.75, 3.05) is 16.8 Å². The van der Waals surface area contributed by atoms with Crippen LogP contribution in [0, 0.1) is 5.92 Å². The second-order valence-corrected chi connectivity index (χ2v) is 9.55. The van der Waals surface area contributed by atoms with Crippen LogP contribution in [0.25, 0.3) is 0 Å². The average molecular weight is 444 g/mol. The van der Waals surface area contributed by atoms with Gasteiger partial charge >= 0.3 is 0 Å². The quantitative estimate of drug-likeness (QED) is 0.654. The Kier molecular flexibility index (Phi) is 7.12. The number of benzene rings is 2. The van der Waals surface area contributed by atoms with Crippen molar-refractivity contribution < 1.29 is 18.0 Å². The maximum absolute atomic E-state index is 12.7. The van der Waals surface area contributed by atoms with Gasteiger partial charge in [0.1, 0.15) is 0 Å². The third-order valence-electron chi connectivity index (χ3n) is 5.56. The van der Waals surface area contributed by atoms with Crippen molar-refractivity contribution in [2.45, 2.75) is 51.0 Å². The summed E-state index contributed by atoms with van der Waals surface area (Å²) in [4.78, 5) is 27.1. The fraction of sp³-hybridized carbons (Fsp3) is 0.391. The summed E-state index contributed by atoms with van der Waals surface area (Å²) in [6.07, 6.45) is 1.64. The topological polar surface area (TPSA) is 95.6 Å². The van der Waals surface area contributed by atoms with Crippen molar-refractivity contribution in [3.63, 3.8) is 0 Å². The van der Waals surface area contributed by atoms with Gasteiger partial charge in [-0.3, -0.25) is 9.59 Å². The van der Waals surface area contributed by atoms with Crippen LogP contribution in [0.3, 0.4) is 0 Å². The Morgan fingerprint density at radius 3 is 2.45 bits per heavy atom. The van der Waals surface area contributed by atoms with E-state index in [1.807, 2.05) is 38.1 Å². The molecule has 1 fully saturated rings. The molecule has 2 atom stereocenters. The third-order valence-corrected chi connectivity index (χ3v) is 7.17. The molecule has 2 aromatic carbocycles. The predicted molar refractivity (Wildman–Crippen MR) is 121 cm³/mol. The van der Waals surface area contributed by atoms with Gasteiger partial charge in [0, 0.05) is 30.4 Å². The molecular formula is C23H29N3O4S. The summed E-state index contributed by atoms with van der Waals surface area (Å²) >= 11 is 0. The molecule has 1 saturated heterocycles. The predicted octanol–water partition coefficient (Wildman–Crippen LogP) is 3.32. The van der Waals surface area contributed by atoms with Crippen molar-refractivity contribution in [2.24, 2.45) is 5.92 Å². The van der Waals surface area contributed by atoms with Gasteiger partial charge in [-0.1, -0.05) is 32.0 Å². The van der Waals surface area contributed by atoms with Crippen molar-refractivity contribution in [1.29, 1.82) is 0 Å². The SMILES string of the molecule is CCc1ccccc1N1CC(C(=O)Nc2ccc(S(=O)(=O)NC(C)CC)cc2)CC1=O. The molecule has 7 nitrogen and oxygen atoms in total. The molecule has 0 aliphatic carbocycles. The van der Waals surface area contributed by atoms with E-state index in [9.17, 15) is 18.0 Å². The Bertz CT molecular complexity index is 1050. The molecule has 1 aliphatic heterocycles. The van der Waals surface area contributed by atoms with Crippen molar-refractivity contribution in [3.05, 3.63) is 54.1 Å². The largest absolute Gasteiger partial charge is 0.326 e. The minimum Gasteiger partial charge on any atom is -0.326 e. The van der Waals surface area contributed by atoms with E-state index in [-0.39, 0.29) is 29.2 Å². The Morgan fingerprint density at radius 2 is 1.81 bits per heavy atom. The van der Waals surface area contributed by atoms with Crippen LogP contribution in [0.15, 0.2) is 53.4 Å². The van der Waals surface area contributed by atoms with Gasteiger partial charge in [-0.2, -0.15) is 0 Å². The highest BCUT2D eigenvalue weighted by Gasteiger charge is 2.35. The van der Waals surface area contributed by atoms with Gasteiger partial charge in [-0.15, -0.1) is 0 Å². The first-order chi connectivity index (χ1) is 14.7. The Morgan fingerprint density at radius 1 is 1.13 bits per heavy atom. The smallest absolute Gasteiger partial charge is 0.240 e. The molecule has 2 unspecified atom stereocenters. The van der Waals surface area contributed by atoms with Crippen molar-refractivity contribution >= 4 is 33.2 Å². The van der Waals surface area contributed by atoms with E-state index in [2.05, 4.69) is 10.0 Å². The normalized spacial score (nSPS) is 17.6. The van der Waals surface area contributed by atoms with E-state index in [4.69, 9.17) is 0 Å². The Labute approximate surface area is 183 Å². The average Bonchev–Trinajstić information content (AvgIpc) is 3.15. The summed E-state index contributed by atoms with van der Waals surface area (Å²) in [6, 6.07) is 13.6. The highest BCUT2D eigenvalue weighted by molar-refractivity contribution is 7.89. The zero-order valence-corrected chi connectivity index (χ0v) is 18.9. The molecule has 1 heterocycles. The lowest BCUT2D eigenvalue weighted by Crippen LogP contribution is -2.32. The maximum atomic E-state index is 12.7. The lowest BCUT2D eigenvalue weighted by atomic mass is 10.1. The molecule has 0 saturated carbocycles. The monoisotopic (exact) mass is 443 g/mol. The number of carbonyl (C=O) groups is 2. The molecule has 0 aromatic heterocycles. The number of nitrogens with zero attached hydrogens (tertiary/aromatic N) is 1. The van der Waals surface area contributed by atoms with Gasteiger partial charge in [-0.05, 0) is 55.7 Å². The van der Waals surface area contributed by atoms with Crippen LogP contribution in [-0.2, 0) is 26.0 Å². The molecule has 2 amide bonds. The van der Waals surface area contributed by atoms with E-state index in [1.54, 1.807) is 24.0 Å². The minimum absolute atomic E-state index is 0.0707.